The molecule has 0 radical (unpaired) electrons. The maximum atomic E-state index is 12.1. The van der Waals surface area contributed by atoms with Crippen LogP contribution in [0.5, 0.6) is 5.75 Å². The highest BCUT2D eigenvalue weighted by Crippen LogP contribution is 2.23. The van der Waals surface area contributed by atoms with E-state index in [1.807, 2.05) is 43.7 Å². The zero-order valence-electron chi connectivity index (χ0n) is 15.6. The molecule has 2 aromatic rings. The smallest absolute Gasteiger partial charge is 0.151 e. The molecule has 1 fully saturated rings. The summed E-state index contributed by atoms with van der Waals surface area (Å²) in [5.41, 5.74) is 5.35. The largest absolute Gasteiger partial charge is 0.493 e. The Morgan fingerprint density at radius 1 is 1.31 bits per heavy atom. The number of nitrogens with one attached hydrogen (secondary N) is 1. The van der Waals surface area contributed by atoms with Crippen LogP contribution in [0.1, 0.15) is 26.2 Å². The van der Waals surface area contributed by atoms with Crippen molar-refractivity contribution in [2.75, 3.05) is 26.2 Å². The number of rotatable bonds is 8. The molecule has 0 bridgehead atoms. The zero-order valence-corrected chi connectivity index (χ0v) is 15.6. The van der Waals surface area contributed by atoms with Crippen molar-refractivity contribution in [1.29, 1.82) is 0 Å². The SMILES string of the molecule is CC1CCN(NCC(=O)CCOc2cccc(-c3cnn(C)c3)c2)CC1. The lowest BCUT2D eigenvalue weighted by atomic mass is 10.0. The predicted molar refractivity (Wildman–Crippen MR) is 102 cm³/mol. The summed E-state index contributed by atoms with van der Waals surface area (Å²) >= 11 is 0. The number of benzene rings is 1. The Bertz CT molecular complexity index is 720. The topological polar surface area (TPSA) is 59.4 Å². The lowest BCUT2D eigenvalue weighted by molar-refractivity contribution is -0.119. The molecule has 0 amide bonds. The van der Waals surface area contributed by atoms with Gasteiger partial charge in [0.15, 0.2) is 5.78 Å². The van der Waals surface area contributed by atoms with Crippen molar-refractivity contribution in [1.82, 2.24) is 20.2 Å². The fourth-order valence-electron chi connectivity index (χ4n) is 3.07. The number of carbonyl (C=O) groups is 1. The number of ether oxygens (including phenoxy) is 1. The zero-order chi connectivity index (χ0) is 18.4. The summed E-state index contributed by atoms with van der Waals surface area (Å²) in [6.07, 6.45) is 6.59. The van der Waals surface area contributed by atoms with Gasteiger partial charge < -0.3 is 4.74 Å². The standard InChI is InChI=1S/C20H28N4O2/c1-16-6-9-24(10-7-16)22-14-19(25)8-11-26-20-5-3-4-17(12-20)18-13-21-23(2)15-18/h3-5,12-13,15-16,22H,6-11,14H2,1-2H3. The van der Waals surface area contributed by atoms with Crippen molar-refractivity contribution in [2.45, 2.75) is 26.2 Å². The van der Waals surface area contributed by atoms with Gasteiger partial charge in [0.1, 0.15) is 5.75 Å². The summed E-state index contributed by atoms with van der Waals surface area (Å²) in [5, 5.41) is 6.35. The second-order valence-electron chi connectivity index (χ2n) is 7.07. The van der Waals surface area contributed by atoms with Gasteiger partial charge in [0.05, 0.1) is 19.3 Å². The van der Waals surface area contributed by atoms with Crippen molar-refractivity contribution in [3.05, 3.63) is 36.7 Å². The minimum Gasteiger partial charge on any atom is -0.493 e. The molecule has 1 saturated heterocycles. The Morgan fingerprint density at radius 2 is 2.12 bits per heavy atom. The van der Waals surface area contributed by atoms with E-state index in [2.05, 4.69) is 22.5 Å². The van der Waals surface area contributed by atoms with Crippen LogP contribution in [0.4, 0.5) is 0 Å². The normalized spacial score (nSPS) is 15.9. The van der Waals surface area contributed by atoms with E-state index in [-0.39, 0.29) is 5.78 Å². The lowest BCUT2D eigenvalue weighted by Gasteiger charge is -2.30. The predicted octanol–water partition coefficient (Wildman–Crippen LogP) is 2.66. The first-order chi connectivity index (χ1) is 12.6. The van der Waals surface area contributed by atoms with Gasteiger partial charge >= 0.3 is 0 Å². The Balaban J connectivity index is 1.40. The van der Waals surface area contributed by atoms with Crippen LogP contribution in [0.25, 0.3) is 11.1 Å². The van der Waals surface area contributed by atoms with E-state index in [1.165, 1.54) is 12.8 Å². The molecule has 1 aliphatic heterocycles. The summed E-state index contributed by atoms with van der Waals surface area (Å²) in [7, 11) is 1.90. The van der Waals surface area contributed by atoms with Gasteiger partial charge in [0.2, 0.25) is 0 Å². The number of hydrogen-bond acceptors (Lipinski definition) is 5. The highest BCUT2D eigenvalue weighted by atomic mass is 16.5. The van der Waals surface area contributed by atoms with Crippen molar-refractivity contribution >= 4 is 5.78 Å². The van der Waals surface area contributed by atoms with Gasteiger partial charge in [-0.3, -0.25) is 9.48 Å². The molecule has 1 aliphatic rings. The summed E-state index contributed by atoms with van der Waals surface area (Å²) in [4.78, 5) is 12.1. The van der Waals surface area contributed by atoms with Crippen LogP contribution >= 0.6 is 0 Å². The monoisotopic (exact) mass is 356 g/mol. The number of aryl methyl sites for hydroxylation is 1. The van der Waals surface area contributed by atoms with Gasteiger partial charge in [-0.25, -0.2) is 10.4 Å². The third kappa shape index (κ3) is 5.41. The van der Waals surface area contributed by atoms with Crippen LogP contribution in [-0.4, -0.2) is 46.8 Å². The van der Waals surface area contributed by atoms with E-state index in [4.69, 9.17) is 4.74 Å². The van der Waals surface area contributed by atoms with E-state index in [9.17, 15) is 4.79 Å². The summed E-state index contributed by atoms with van der Waals surface area (Å²) in [6, 6.07) is 7.88. The fraction of sp³-hybridized carbons (Fsp3) is 0.500. The molecule has 2 heterocycles. The Morgan fingerprint density at radius 3 is 2.85 bits per heavy atom. The molecule has 0 spiro atoms. The minimum absolute atomic E-state index is 0.173. The number of carbonyl (C=O) groups excluding carboxylic acids is 1. The van der Waals surface area contributed by atoms with Crippen LogP contribution in [0.3, 0.4) is 0 Å². The molecule has 1 aromatic carbocycles. The van der Waals surface area contributed by atoms with Crippen LogP contribution in [0.15, 0.2) is 36.7 Å². The highest BCUT2D eigenvalue weighted by molar-refractivity contribution is 5.80. The van der Waals surface area contributed by atoms with Gasteiger partial charge in [-0.2, -0.15) is 5.10 Å². The van der Waals surface area contributed by atoms with Crippen LogP contribution < -0.4 is 10.2 Å². The van der Waals surface area contributed by atoms with Crippen LogP contribution in [-0.2, 0) is 11.8 Å². The Labute approximate surface area is 155 Å². The average Bonchev–Trinajstić information content (AvgIpc) is 3.08. The molecular weight excluding hydrogens is 328 g/mol. The molecule has 26 heavy (non-hydrogen) atoms. The first kappa shape index (κ1) is 18.6. The summed E-state index contributed by atoms with van der Waals surface area (Å²) < 4.78 is 7.54. The molecule has 1 aromatic heterocycles. The van der Waals surface area contributed by atoms with E-state index in [0.29, 0.717) is 19.6 Å². The van der Waals surface area contributed by atoms with E-state index in [0.717, 1.165) is 35.9 Å². The van der Waals surface area contributed by atoms with Gasteiger partial charge in [0.25, 0.3) is 0 Å². The average molecular weight is 356 g/mol. The van der Waals surface area contributed by atoms with Crippen LogP contribution in [0.2, 0.25) is 0 Å². The Hall–Kier alpha value is -2.18. The summed E-state index contributed by atoms with van der Waals surface area (Å²) in [5.74, 6) is 1.74. The molecule has 1 N–H and O–H groups in total. The van der Waals surface area contributed by atoms with Gasteiger partial charge in [0, 0.05) is 38.3 Å². The lowest BCUT2D eigenvalue weighted by Crippen LogP contribution is -2.45. The maximum absolute atomic E-state index is 12.1. The quantitative estimate of drug-likeness (QED) is 0.788. The number of hydrazine groups is 1. The second-order valence-corrected chi connectivity index (χ2v) is 7.07. The van der Waals surface area contributed by atoms with Crippen LogP contribution in [0, 0.1) is 5.92 Å². The molecule has 0 saturated carbocycles. The van der Waals surface area contributed by atoms with E-state index < -0.39 is 0 Å². The second kappa shape index (κ2) is 8.96. The summed E-state index contributed by atoms with van der Waals surface area (Å²) in [6.45, 7) is 5.10. The third-order valence-electron chi connectivity index (χ3n) is 4.81. The first-order valence-electron chi connectivity index (χ1n) is 9.32. The first-order valence-corrected chi connectivity index (χ1v) is 9.32. The van der Waals surface area contributed by atoms with E-state index >= 15 is 0 Å². The molecule has 140 valence electrons. The molecular formula is C20H28N4O2. The number of nitrogens with zero attached hydrogens (tertiary/aromatic N) is 3. The molecule has 0 aliphatic carbocycles. The van der Waals surface area contributed by atoms with Crippen molar-refractivity contribution < 1.29 is 9.53 Å². The van der Waals surface area contributed by atoms with Crippen molar-refractivity contribution in [2.24, 2.45) is 13.0 Å². The molecule has 0 atom stereocenters. The minimum atomic E-state index is 0.173. The highest BCUT2D eigenvalue weighted by Gasteiger charge is 2.15. The molecule has 6 nitrogen and oxygen atoms in total. The molecule has 3 rings (SSSR count). The van der Waals surface area contributed by atoms with Crippen molar-refractivity contribution in [3.63, 3.8) is 0 Å². The molecule has 0 unspecified atom stereocenters. The fourth-order valence-corrected chi connectivity index (χ4v) is 3.07. The van der Waals surface area contributed by atoms with Crippen molar-refractivity contribution in [3.8, 4) is 16.9 Å². The van der Waals surface area contributed by atoms with E-state index in [1.54, 1.807) is 4.68 Å². The number of Topliss-reactive ketones (excluding diaryl/α,β-unsaturated/α-hetero) is 1. The maximum Gasteiger partial charge on any atom is 0.151 e. The third-order valence-corrected chi connectivity index (χ3v) is 4.81. The number of hydrogen-bond donors (Lipinski definition) is 1. The Kier molecular flexibility index (Phi) is 6.41. The number of ketones is 1. The van der Waals surface area contributed by atoms with Gasteiger partial charge in [-0.1, -0.05) is 19.1 Å². The number of piperidine rings is 1. The number of aromatic nitrogens is 2. The molecule has 6 heteroatoms. The van der Waals surface area contributed by atoms with Gasteiger partial charge in [-0.05, 0) is 36.5 Å². The van der Waals surface area contributed by atoms with Gasteiger partial charge in [-0.15, -0.1) is 0 Å².